The fourth-order valence-corrected chi connectivity index (χ4v) is 2.24. The van der Waals surface area contributed by atoms with Crippen LogP contribution in [0, 0.1) is 10.1 Å². The lowest BCUT2D eigenvalue weighted by atomic mass is 10.2. The fourth-order valence-electron chi connectivity index (χ4n) is 1.50. The summed E-state index contributed by atoms with van der Waals surface area (Å²) in [6.07, 6.45) is 0. The largest absolute Gasteiger partial charge is 0.490 e. The summed E-state index contributed by atoms with van der Waals surface area (Å²) in [5.41, 5.74) is 5.91. The van der Waals surface area contributed by atoms with E-state index >= 15 is 0 Å². The average Bonchev–Trinajstić information content (AvgIpc) is 2.86. The summed E-state index contributed by atoms with van der Waals surface area (Å²) in [6, 6.07) is 4.67. The third-order valence-electron chi connectivity index (χ3n) is 2.27. The molecule has 0 saturated carbocycles. The molecule has 2 aromatic rings. The zero-order chi connectivity index (χ0) is 13.1. The topological polar surface area (TPSA) is 104 Å². The molecule has 0 bridgehead atoms. The number of nitrogens with two attached hydrogens (primary N) is 1. The summed E-state index contributed by atoms with van der Waals surface area (Å²) in [6.45, 7) is 0.287. The van der Waals surface area contributed by atoms with Gasteiger partial charge in [-0.25, -0.2) is 0 Å². The predicted molar refractivity (Wildman–Crippen MR) is 66.4 cm³/mol. The number of nitrogens with zero attached hydrogens (tertiary/aromatic N) is 3. The molecule has 0 saturated heterocycles. The Kier molecular flexibility index (Phi) is 3.49. The summed E-state index contributed by atoms with van der Waals surface area (Å²) < 4.78 is 5.10. The van der Waals surface area contributed by atoms with Crippen molar-refractivity contribution in [3.63, 3.8) is 0 Å². The molecule has 1 heterocycles. The summed E-state index contributed by atoms with van der Waals surface area (Å²) in [5.74, 6) is 0.183. The van der Waals surface area contributed by atoms with Gasteiger partial charge in [0.25, 0.3) is 0 Å². The average molecular weight is 266 g/mol. The van der Waals surface area contributed by atoms with E-state index in [2.05, 4.69) is 10.2 Å². The van der Waals surface area contributed by atoms with Crippen molar-refractivity contribution in [1.82, 2.24) is 10.2 Å². The number of aromatic nitrogens is 2. The van der Waals surface area contributed by atoms with E-state index in [1.54, 1.807) is 12.1 Å². The van der Waals surface area contributed by atoms with Gasteiger partial charge in [-0.1, -0.05) is 17.4 Å². The zero-order valence-corrected chi connectivity index (χ0v) is 10.3. The molecule has 0 amide bonds. The molecule has 1 aromatic carbocycles. The number of nitro benzene ring substituents is 1. The summed E-state index contributed by atoms with van der Waals surface area (Å²) in [7, 11) is 1.39. The number of methoxy groups -OCH3 is 1. The molecule has 0 aliphatic rings. The van der Waals surface area contributed by atoms with E-state index in [1.807, 2.05) is 0 Å². The van der Waals surface area contributed by atoms with E-state index in [1.165, 1.54) is 24.5 Å². The highest BCUT2D eigenvalue weighted by molar-refractivity contribution is 7.14. The lowest BCUT2D eigenvalue weighted by Gasteiger charge is -2.05. The number of benzene rings is 1. The van der Waals surface area contributed by atoms with Gasteiger partial charge in [-0.2, -0.15) is 0 Å². The van der Waals surface area contributed by atoms with Crippen molar-refractivity contribution in [1.29, 1.82) is 0 Å². The minimum absolute atomic E-state index is 0.0977. The molecular weight excluding hydrogens is 256 g/mol. The van der Waals surface area contributed by atoms with Gasteiger partial charge in [0.2, 0.25) is 5.75 Å². The monoisotopic (exact) mass is 266 g/mol. The van der Waals surface area contributed by atoms with Gasteiger partial charge >= 0.3 is 5.69 Å². The minimum Gasteiger partial charge on any atom is -0.490 e. The van der Waals surface area contributed by atoms with Crippen LogP contribution in [0.4, 0.5) is 5.69 Å². The van der Waals surface area contributed by atoms with Crippen molar-refractivity contribution < 1.29 is 9.66 Å². The molecule has 0 unspecified atom stereocenters. The first-order valence-electron chi connectivity index (χ1n) is 5.01. The lowest BCUT2D eigenvalue weighted by Crippen LogP contribution is -1.95. The van der Waals surface area contributed by atoms with Gasteiger partial charge in [0.15, 0.2) is 5.01 Å². The molecular formula is C10H10N4O3S. The third kappa shape index (κ3) is 2.15. The van der Waals surface area contributed by atoms with Crippen LogP contribution in [0.15, 0.2) is 18.2 Å². The molecule has 1 aromatic heterocycles. The van der Waals surface area contributed by atoms with Crippen molar-refractivity contribution in [2.24, 2.45) is 5.73 Å². The molecule has 0 aliphatic heterocycles. The number of para-hydroxylation sites is 1. The number of rotatable bonds is 4. The Morgan fingerprint density at radius 3 is 2.83 bits per heavy atom. The van der Waals surface area contributed by atoms with Gasteiger partial charge < -0.3 is 10.5 Å². The van der Waals surface area contributed by atoms with Crippen LogP contribution in [0.3, 0.4) is 0 Å². The Labute approximate surface area is 106 Å². The number of ether oxygens (including phenoxy) is 1. The van der Waals surface area contributed by atoms with Crippen molar-refractivity contribution in [3.05, 3.63) is 33.3 Å². The Bertz CT molecular complexity index is 584. The molecule has 0 fully saturated rings. The fraction of sp³-hybridized carbons (Fsp3) is 0.200. The highest BCUT2D eigenvalue weighted by atomic mass is 32.1. The molecule has 0 spiro atoms. The van der Waals surface area contributed by atoms with E-state index < -0.39 is 4.92 Å². The van der Waals surface area contributed by atoms with Gasteiger partial charge in [0, 0.05) is 12.6 Å². The van der Waals surface area contributed by atoms with Crippen molar-refractivity contribution in [2.75, 3.05) is 7.11 Å². The van der Waals surface area contributed by atoms with Crippen LogP contribution in [0.5, 0.6) is 5.75 Å². The van der Waals surface area contributed by atoms with Crippen LogP contribution in [-0.4, -0.2) is 22.2 Å². The van der Waals surface area contributed by atoms with E-state index in [-0.39, 0.29) is 18.0 Å². The smallest absolute Gasteiger partial charge is 0.311 e. The van der Waals surface area contributed by atoms with Gasteiger partial charge in [-0.05, 0) is 6.07 Å². The van der Waals surface area contributed by atoms with E-state index in [0.29, 0.717) is 15.6 Å². The maximum atomic E-state index is 10.9. The highest BCUT2D eigenvalue weighted by Gasteiger charge is 2.21. The van der Waals surface area contributed by atoms with Crippen molar-refractivity contribution in [3.8, 4) is 16.3 Å². The van der Waals surface area contributed by atoms with Crippen LogP contribution >= 0.6 is 11.3 Å². The molecule has 7 nitrogen and oxygen atoms in total. The molecule has 94 valence electrons. The maximum Gasteiger partial charge on any atom is 0.311 e. The molecule has 0 aliphatic carbocycles. The molecule has 18 heavy (non-hydrogen) atoms. The molecule has 8 heteroatoms. The quantitative estimate of drug-likeness (QED) is 0.665. The Morgan fingerprint density at radius 1 is 1.50 bits per heavy atom. The minimum atomic E-state index is -0.493. The Morgan fingerprint density at radius 2 is 2.28 bits per heavy atom. The number of hydrogen-bond acceptors (Lipinski definition) is 7. The van der Waals surface area contributed by atoms with Crippen LogP contribution in [-0.2, 0) is 6.54 Å². The van der Waals surface area contributed by atoms with Crippen molar-refractivity contribution in [2.45, 2.75) is 6.54 Å². The van der Waals surface area contributed by atoms with Gasteiger partial charge in [-0.15, -0.1) is 10.2 Å². The van der Waals surface area contributed by atoms with Gasteiger partial charge in [0.05, 0.1) is 17.6 Å². The SMILES string of the molecule is COc1c(-c2nnc(CN)s2)cccc1[N+](=O)[O-]. The first kappa shape index (κ1) is 12.4. The molecule has 0 atom stereocenters. The Hall–Kier alpha value is -2.06. The molecule has 0 radical (unpaired) electrons. The normalized spacial score (nSPS) is 10.3. The van der Waals surface area contributed by atoms with Crippen LogP contribution < -0.4 is 10.5 Å². The van der Waals surface area contributed by atoms with Crippen molar-refractivity contribution >= 4 is 17.0 Å². The number of hydrogen-bond donors (Lipinski definition) is 1. The second kappa shape index (κ2) is 5.07. The summed E-state index contributed by atoms with van der Waals surface area (Å²) in [4.78, 5) is 10.4. The van der Waals surface area contributed by atoms with Gasteiger partial charge in [0.1, 0.15) is 5.01 Å². The molecule has 2 N–H and O–H groups in total. The first-order valence-corrected chi connectivity index (χ1v) is 5.83. The summed E-state index contributed by atoms with van der Waals surface area (Å²) >= 11 is 1.29. The third-order valence-corrected chi connectivity index (χ3v) is 3.25. The van der Waals surface area contributed by atoms with Gasteiger partial charge in [-0.3, -0.25) is 10.1 Å². The first-order chi connectivity index (χ1) is 8.67. The van der Waals surface area contributed by atoms with Crippen LogP contribution in [0.1, 0.15) is 5.01 Å². The maximum absolute atomic E-state index is 10.9. The Balaban J connectivity index is 2.56. The second-order valence-electron chi connectivity index (χ2n) is 3.32. The molecule has 2 rings (SSSR count). The predicted octanol–water partition coefficient (Wildman–Crippen LogP) is 1.58. The van der Waals surface area contributed by atoms with E-state index in [9.17, 15) is 10.1 Å². The van der Waals surface area contributed by atoms with Crippen LogP contribution in [0.2, 0.25) is 0 Å². The van der Waals surface area contributed by atoms with Crippen LogP contribution in [0.25, 0.3) is 10.6 Å². The summed E-state index contributed by atoms with van der Waals surface area (Å²) in [5, 5.41) is 19.9. The lowest BCUT2D eigenvalue weighted by molar-refractivity contribution is -0.385. The number of nitro groups is 1. The standard InChI is InChI=1S/C10H10N4O3S/c1-17-9-6(3-2-4-7(9)14(15)16)10-13-12-8(5-11)18-10/h2-4H,5,11H2,1H3. The second-order valence-corrected chi connectivity index (χ2v) is 4.38. The van der Waals surface area contributed by atoms with E-state index in [0.717, 1.165) is 0 Å². The highest BCUT2D eigenvalue weighted by Crippen LogP contribution is 2.38. The van der Waals surface area contributed by atoms with E-state index in [4.69, 9.17) is 10.5 Å². The zero-order valence-electron chi connectivity index (χ0n) is 9.49.